The normalized spacial score (nSPS) is 11.4. The summed E-state index contributed by atoms with van der Waals surface area (Å²) in [5, 5.41) is 18.7. The Kier molecular flexibility index (Phi) is 4.51. The Balaban J connectivity index is 2.22. The highest BCUT2D eigenvalue weighted by Gasteiger charge is 2.18. The number of nitrogens with zero attached hydrogens (tertiary/aromatic N) is 3. The van der Waals surface area contributed by atoms with Gasteiger partial charge in [-0.05, 0) is 11.6 Å². The molecule has 1 heterocycles. The number of rotatable bonds is 3. The first-order chi connectivity index (χ1) is 9.61. The van der Waals surface area contributed by atoms with Gasteiger partial charge in [0.25, 0.3) is 5.91 Å². The number of halogens is 2. The van der Waals surface area contributed by atoms with Gasteiger partial charge in [0, 0.05) is 0 Å². The predicted molar refractivity (Wildman–Crippen MR) is 74.3 cm³/mol. The number of hydrogen-bond donors (Lipinski definition) is 1. The van der Waals surface area contributed by atoms with Crippen LogP contribution in [0.25, 0.3) is 0 Å². The summed E-state index contributed by atoms with van der Waals surface area (Å²) in [6.45, 7) is 0. The van der Waals surface area contributed by atoms with Gasteiger partial charge in [-0.15, -0.1) is 10.2 Å². The van der Waals surface area contributed by atoms with Gasteiger partial charge in [0.2, 0.25) is 0 Å². The Labute approximate surface area is 125 Å². The van der Waals surface area contributed by atoms with Crippen LogP contribution in [0.3, 0.4) is 0 Å². The maximum Gasteiger partial charge on any atom is 0.255 e. The minimum absolute atomic E-state index is 0.0489. The van der Waals surface area contributed by atoms with Crippen molar-refractivity contribution in [3.63, 3.8) is 0 Å². The van der Waals surface area contributed by atoms with Crippen LogP contribution in [-0.4, -0.2) is 16.1 Å². The van der Waals surface area contributed by atoms with Crippen LogP contribution in [0.4, 0.5) is 0 Å². The van der Waals surface area contributed by atoms with Gasteiger partial charge >= 0.3 is 0 Å². The van der Waals surface area contributed by atoms with Crippen molar-refractivity contribution in [3.05, 3.63) is 57.8 Å². The molecule has 0 bridgehead atoms. The zero-order valence-electron chi connectivity index (χ0n) is 10.0. The topological polar surface area (TPSA) is 78.7 Å². The average molecular weight is 307 g/mol. The second-order valence-electron chi connectivity index (χ2n) is 3.82. The first-order valence-electron chi connectivity index (χ1n) is 5.56. The largest absolute Gasteiger partial charge is 0.332 e. The summed E-state index contributed by atoms with van der Waals surface area (Å²) in [4.78, 5) is 12.1. The van der Waals surface area contributed by atoms with E-state index in [1.807, 2.05) is 12.1 Å². The number of nitriles is 1. The molecule has 0 spiro atoms. The van der Waals surface area contributed by atoms with E-state index in [-0.39, 0.29) is 15.9 Å². The maximum atomic E-state index is 12.1. The minimum Gasteiger partial charge on any atom is -0.332 e. The number of carbonyl (C=O) groups is 1. The molecule has 1 N–H and O–H groups in total. The van der Waals surface area contributed by atoms with E-state index in [0.717, 1.165) is 0 Å². The molecule has 0 fully saturated rings. The van der Waals surface area contributed by atoms with E-state index in [1.165, 1.54) is 6.07 Å². The van der Waals surface area contributed by atoms with E-state index in [1.54, 1.807) is 24.3 Å². The van der Waals surface area contributed by atoms with Crippen LogP contribution in [0.15, 0.2) is 36.4 Å². The summed E-state index contributed by atoms with van der Waals surface area (Å²) in [6, 6.07) is 11.4. The number of nitrogens with one attached hydrogen (secondary N) is 1. The van der Waals surface area contributed by atoms with Crippen molar-refractivity contribution >= 4 is 29.1 Å². The summed E-state index contributed by atoms with van der Waals surface area (Å²) in [7, 11) is 0. The van der Waals surface area contributed by atoms with Gasteiger partial charge in [0.05, 0.1) is 11.6 Å². The molecule has 5 nitrogen and oxygen atoms in total. The van der Waals surface area contributed by atoms with Crippen LogP contribution in [0.2, 0.25) is 10.3 Å². The third kappa shape index (κ3) is 3.23. The molecule has 0 aliphatic heterocycles. The molecule has 2 rings (SSSR count). The Morgan fingerprint density at radius 1 is 1.25 bits per heavy atom. The molecular weight excluding hydrogens is 299 g/mol. The molecular formula is C13H8Cl2N4O. The molecule has 1 aromatic carbocycles. The molecule has 0 radical (unpaired) electrons. The van der Waals surface area contributed by atoms with Crippen LogP contribution < -0.4 is 5.32 Å². The number of hydrogen-bond acceptors (Lipinski definition) is 4. The standard InChI is InChI=1S/C13H8Cl2N4O/c14-11-6-9(12(15)19-18-11)13(20)17-10(7-16)8-4-2-1-3-5-8/h1-6,10H,(H,17,20). The number of benzene rings is 1. The Hall–Kier alpha value is -2.16. The summed E-state index contributed by atoms with van der Waals surface area (Å²) in [5.74, 6) is -0.540. The highest BCUT2D eigenvalue weighted by atomic mass is 35.5. The molecule has 100 valence electrons. The molecule has 1 unspecified atom stereocenters. The predicted octanol–water partition coefficient (Wildman–Crippen LogP) is 2.78. The van der Waals surface area contributed by atoms with Crippen LogP contribution in [0.5, 0.6) is 0 Å². The highest BCUT2D eigenvalue weighted by molar-refractivity contribution is 6.34. The van der Waals surface area contributed by atoms with Gasteiger partial charge in [-0.25, -0.2) is 0 Å². The van der Waals surface area contributed by atoms with E-state index in [0.29, 0.717) is 5.56 Å². The zero-order chi connectivity index (χ0) is 14.5. The molecule has 1 atom stereocenters. The molecule has 2 aromatic rings. The molecule has 1 amide bonds. The lowest BCUT2D eigenvalue weighted by Crippen LogP contribution is -2.28. The summed E-state index contributed by atoms with van der Waals surface area (Å²) < 4.78 is 0. The zero-order valence-corrected chi connectivity index (χ0v) is 11.6. The highest BCUT2D eigenvalue weighted by Crippen LogP contribution is 2.17. The second kappa shape index (κ2) is 6.33. The molecule has 0 aliphatic rings. The van der Waals surface area contributed by atoms with Gasteiger partial charge < -0.3 is 5.32 Å². The van der Waals surface area contributed by atoms with Gasteiger partial charge in [-0.1, -0.05) is 53.5 Å². The van der Waals surface area contributed by atoms with Crippen molar-refractivity contribution in [1.82, 2.24) is 15.5 Å². The molecule has 7 heteroatoms. The molecule has 0 saturated heterocycles. The van der Waals surface area contributed by atoms with Crippen molar-refractivity contribution in [2.75, 3.05) is 0 Å². The lowest BCUT2D eigenvalue weighted by Gasteiger charge is -2.12. The van der Waals surface area contributed by atoms with Crippen LogP contribution >= 0.6 is 23.2 Å². The van der Waals surface area contributed by atoms with Crippen molar-refractivity contribution in [1.29, 1.82) is 5.26 Å². The van der Waals surface area contributed by atoms with E-state index in [4.69, 9.17) is 28.5 Å². The van der Waals surface area contributed by atoms with Gasteiger partial charge in [0.1, 0.15) is 6.04 Å². The number of aromatic nitrogens is 2. The lowest BCUT2D eigenvalue weighted by atomic mass is 10.1. The maximum absolute atomic E-state index is 12.1. The smallest absolute Gasteiger partial charge is 0.255 e. The minimum atomic E-state index is -0.785. The van der Waals surface area contributed by atoms with Crippen molar-refractivity contribution in [3.8, 4) is 6.07 Å². The van der Waals surface area contributed by atoms with Gasteiger partial charge in [0.15, 0.2) is 10.3 Å². The Bertz CT molecular complexity index is 670. The van der Waals surface area contributed by atoms with Gasteiger partial charge in [-0.2, -0.15) is 5.26 Å². The third-order valence-electron chi connectivity index (χ3n) is 2.50. The first-order valence-corrected chi connectivity index (χ1v) is 6.31. The number of carbonyl (C=O) groups excluding carboxylic acids is 1. The summed E-state index contributed by atoms with van der Waals surface area (Å²) >= 11 is 11.5. The van der Waals surface area contributed by atoms with Crippen molar-refractivity contribution < 1.29 is 4.79 Å². The summed E-state index contributed by atoms with van der Waals surface area (Å²) in [5.41, 5.74) is 0.746. The first kappa shape index (κ1) is 14.3. The lowest BCUT2D eigenvalue weighted by molar-refractivity contribution is 0.0944. The van der Waals surface area contributed by atoms with Crippen LogP contribution in [-0.2, 0) is 0 Å². The number of amides is 1. The average Bonchev–Trinajstić information content (AvgIpc) is 2.48. The molecule has 0 saturated carbocycles. The monoisotopic (exact) mass is 306 g/mol. The van der Waals surface area contributed by atoms with Crippen molar-refractivity contribution in [2.24, 2.45) is 0 Å². The molecule has 20 heavy (non-hydrogen) atoms. The van der Waals surface area contributed by atoms with Crippen LogP contribution in [0.1, 0.15) is 22.0 Å². The SMILES string of the molecule is N#CC(NC(=O)c1cc(Cl)nnc1Cl)c1ccccc1. The van der Waals surface area contributed by atoms with Gasteiger partial charge in [-0.3, -0.25) is 4.79 Å². The molecule has 1 aromatic heterocycles. The summed E-state index contributed by atoms with van der Waals surface area (Å²) in [6.07, 6.45) is 0. The molecule has 0 aliphatic carbocycles. The van der Waals surface area contributed by atoms with E-state index >= 15 is 0 Å². The Morgan fingerprint density at radius 3 is 2.60 bits per heavy atom. The van der Waals surface area contributed by atoms with E-state index < -0.39 is 11.9 Å². The second-order valence-corrected chi connectivity index (χ2v) is 4.56. The van der Waals surface area contributed by atoms with E-state index in [2.05, 4.69) is 15.5 Å². The fourth-order valence-electron chi connectivity index (χ4n) is 1.56. The van der Waals surface area contributed by atoms with Crippen LogP contribution in [0, 0.1) is 11.3 Å². The fourth-order valence-corrected chi connectivity index (χ4v) is 1.88. The quantitative estimate of drug-likeness (QED) is 0.945. The van der Waals surface area contributed by atoms with Crippen molar-refractivity contribution in [2.45, 2.75) is 6.04 Å². The third-order valence-corrected chi connectivity index (χ3v) is 2.96. The van der Waals surface area contributed by atoms with E-state index in [9.17, 15) is 4.79 Å². The Morgan fingerprint density at radius 2 is 1.95 bits per heavy atom. The fraction of sp³-hybridized carbons (Fsp3) is 0.0769.